The Morgan fingerprint density at radius 1 is 1.67 bits per heavy atom. The van der Waals surface area contributed by atoms with E-state index in [-0.39, 0.29) is 6.10 Å². The highest BCUT2D eigenvalue weighted by molar-refractivity contribution is 5.74. The van der Waals surface area contributed by atoms with E-state index in [1.165, 1.54) is 0 Å². The highest BCUT2D eigenvalue weighted by Crippen LogP contribution is 2.03. The van der Waals surface area contributed by atoms with Crippen LogP contribution in [0.2, 0.25) is 0 Å². The van der Waals surface area contributed by atoms with Gasteiger partial charge >= 0.3 is 0 Å². The summed E-state index contributed by atoms with van der Waals surface area (Å²) < 4.78 is 5.30. The number of nitrogens with zero attached hydrogens (tertiary/aromatic N) is 2. The molecule has 9 heavy (non-hydrogen) atoms. The van der Waals surface area contributed by atoms with Crippen LogP contribution in [-0.2, 0) is 4.74 Å². The van der Waals surface area contributed by atoms with Crippen LogP contribution in [-0.4, -0.2) is 37.7 Å². The fourth-order valence-corrected chi connectivity index (χ4v) is 0.708. The molecule has 0 saturated heterocycles. The molecule has 0 radical (unpaired) electrons. The minimum atomic E-state index is 0.266. The third-order valence-electron chi connectivity index (χ3n) is 1.17. The maximum absolute atomic E-state index is 5.30. The summed E-state index contributed by atoms with van der Waals surface area (Å²) in [7, 11) is 3.85. The maximum Gasteiger partial charge on any atom is 0.287 e. The molecule has 0 fully saturated rings. The molecule has 3 nitrogen and oxygen atoms in total. The Balaban J connectivity index is 2.45. The first-order valence-corrected chi connectivity index (χ1v) is 3.08. The molecular weight excluding hydrogens is 116 g/mol. The molecule has 0 aromatic rings. The van der Waals surface area contributed by atoms with Crippen LogP contribution in [0, 0.1) is 0 Å². The van der Waals surface area contributed by atoms with Gasteiger partial charge in [-0.15, -0.1) is 0 Å². The van der Waals surface area contributed by atoms with Gasteiger partial charge in [-0.1, -0.05) is 0 Å². The van der Waals surface area contributed by atoms with E-state index >= 15 is 0 Å². The molecule has 0 aromatic heterocycles. The average molecular weight is 128 g/mol. The van der Waals surface area contributed by atoms with Gasteiger partial charge in [0.1, 0.15) is 6.10 Å². The van der Waals surface area contributed by atoms with Gasteiger partial charge < -0.3 is 9.64 Å². The van der Waals surface area contributed by atoms with Crippen LogP contribution in [0.25, 0.3) is 0 Å². The predicted octanol–water partition coefficient (Wildman–Crippen LogP) is 0.323. The molecule has 0 aliphatic carbocycles. The first-order chi connectivity index (χ1) is 4.20. The van der Waals surface area contributed by atoms with E-state index in [1.807, 2.05) is 25.9 Å². The monoisotopic (exact) mass is 128 g/mol. The van der Waals surface area contributed by atoms with Gasteiger partial charge in [-0.3, -0.25) is 0 Å². The van der Waals surface area contributed by atoms with Gasteiger partial charge in [-0.25, -0.2) is 4.99 Å². The number of hydrogen-bond donors (Lipinski definition) is 0. The van der Waals surface area contributed by atoms with Crippen LogP contribution in [0.3, 0.4) is 0 Å². The zero-order valence-corrected chi connectivity index (χ0v) is 6.09. The Hall–Kier alpha value is -0.730. The summed E-state index contributed by atoms with van der Waals surface area (Å²) in [5.41, 5.74) is 0. The highest BCUT2D eigenvalue weighted by Gasteiger charge is 2.15. The Morgan fingerprint density at radius 2 is 2.33 bits per heavy atom. The topological polar surface area (TPSA) is 24.8 Å². The van der Waals surface area contributed by atoms with Crippen molar-refractivity contribution in [3.63, 3.8) is 0 Å². The van der Waals surface area contributed by atoms with Crippen molar-refractivity contribution >= 4 is 6.02 Å². The van der Waals surface area contributed by atoms with E-state index < -0.39 is 0 Å². The lowest BCUT2D eigenvalue weighted by atomic mass is 10.4. The summed E-state index contributed by atoms with van der Waals surface area (Å²) in [6.45, 7) is 2.81. The zero-order chi connectivity index (χ0) is 6.85. The van der Waals surface area contributed by atoms with Crippen LogP contribution in [0.4, 0.5) is 0 Å². The molecule has 0 bridgehead atoms. The van der Waals surface area contributed by atoms with Crippen LogP contribution < -0.4 is 0 Å². The van der Waals surface area contributed by atoms with Crippen molar-refractivity contribution in [2.45, 2.75) is 13.0 Å². The van der Waals surface area contributed by atoms with Crippen LogP contribution in [0.5, 0.6) is 0 Å². The summed E-state index contributed by atoms with van der Waals surface area (Å²) in [5.74, 6) is 0. The highest BCUT2D eigenvalue weighted by atomic mass is 16.5. The van der Waals surface area contributed by atoms with Gasteiger partial charge in [-0.2, -0.15) is 0 Å². The molecule has 0 amide bonds. The number of hydrogen-bond acceptors (Lipinski definition) is 3. The van der Waals surface area contributed by atoms with Gasteiger partial charge in [0.25, 0.3) is 6.02 Å². The number of aliphatic imine (C=N–C) groups is 1. The molecule has 3 heteroatoms. The molecular formula is C6H12N2O. The Morgan fingerprint density at radius 3 is 2.56 bits per heavy atom. The second-order valence-electron chi connectivity index (χ2n) is 2.45. The fourth-order valence-electron chi connectivity index (χ4n) is 0.708. The summed E-state index contributed by atoms with van der Waals surface area (Å²) in [4.78, 5) is 6.02. The largest absolute Gasteiger partial charge is 0.460 e. The average Bonchev–Trinajstić information content (AvgIpc) is 2.14. The molecule has 0 saturated carbocycles. The van der Waals surface area contributed by atoms with Crippen molar-refractivity contribution < 1.29 is 4.74 Å². The molecule has 1 heterocycles. The summed E-state index contributed by atoms with van der Waals surface area (Å²) in [6, 6.07) is 0.752. The Bertz CT molecular complexity index is 131. The van der Waals surface area contributed by atoms with Crippen molar-refractivity contribution in [2.75, 3.05) is 20.6 Å². The van der Waals surface area contributed by atoms with Crippen molar-refractivity contribution in [3.8, 4) is 0 Å². The van der Waals surface area contributed by atoms with E-state index in [1.54, 1.807) is 0 Å². The second-order valence-corrected chi connectivity index (χ2v) is 2.45. The number of ether oxygens (including phenoxy) is 1. The van der Waals surface area contributed by atoms with Gasteiger partial charge in [0.15, 0.2) is 0 Å². The summed E-state index contributed by atoms with van der Waals surface area (Å²) >= 11 is 0. The van der Waals surface area contributed by atoms with Crippen molar-refractivity contribution in [2.24, 2.45) is 4.99 Å². The second kappa shape index (κ2) is 2.25. The van der Waals surface area contributed by atoms with E-state index in [4.69, 9.17) is 4.74 Å². The molecule has 1 rings (SSSR count). The van der Waals surface area contributed by atoms with Crippen molar-refractivity contribution in [1.82, 2.24) is 4.90 Å². The van der Waals surface area contributed by atoms with E-state index in [0.29, 0.717) is 0 Å². The van der Waals surface area contributed by atoms with Crippen molar-refractivity contribution in [1.29, 1.82) is 0 Å². The standard InChI is InChI=1S/C6H12N2O/c1-5-4-7-6(9-5)8(2)3/h5H,4H2,1-3H3. The molecule has 1 atom stereocenters. The fraction of sp³-hybridized carbons (Fsp3) is 0.833. The van der Waals surface area contributed by atoms with Gasteiger partial charge in [0.2, 0.25) is 0 Å². The molecule has 0 spiro atoms. The Labute approximate surface area is 55.3 Å². The smallest absolute Gasteiger partial charge is 0.287 e. The lowest BCUT2D eigenvalue weighted by Crippen LogP contribution is -2.23. The van der Waals surface area contributed by atoms with Gasteiger partial charge in [0.05, 0.1) is 6.54 Å². The first-order valence-electron chi connectivity index (χ1n) is 3.08. The van der Waals surface area contributed by atoms with Crippen LogP contribution in [0.15, 0.2) is 4.99 Å². The quantitative estimate of drug-likeness (QED) is 0.469. The third kappa shape index (κ3) is 1.34. The van der Waals surface area contributed by atoms with Gasteiger partial charge in [-0.05, 0) is 6.92 Å². The maximum atomic E-state index is 5.30. The van der Waals surface area contributed by atoms with Crippen LogP contribution in [0.1, 0.15) is 6.92 Å². The molecule has 0 aromatic carbocycles. The molecule has 0 N–H and O–H groups in total. The molecule has 1 unspecified atom stereocenters. The van der Waals surface area contributed by atoms with Gasteiger partial charge in [0, 0.05) is 14.1 Å². The van der Waals surface area contributed by atoms with Crippen molar-refractivity contribution in [3.05, 3.63) is 0 Å². The third-order valence-corrected chi connectivity index (χ3v) is 1.17. The molecule has 52 valence electrons. The zero-order valence-electron chi connectivity index (χ0n) is 6.09. The molecule has 1 aliphatic rings. The number of amidine groups is 1. The summed E-state index contributed by atoms with van der Waals surface area (Å²) in [6.07, 6.45) is 0.266. The SMILES string of the molecule is CC1CN=C(N(C)C)O1. The van der Waals surface area contributed by atoms with E-state index in [2.05, 4.69) is 4.99 Å². The van der Waals surface area contributed by atoms with Crippen LogP contribution >= 0.6 is 0 Å². The van der Waals surface area contributed by atoms with E-state index in [0.717, 1.165) is 12.6 Å². The minimum absolute atomic E-state index is 0.266. The normalized spacial score (nSPS) is 25.2. The predicted molar refractivity (Wildman–Crippen MR) is 36.5 cm³/mol. The molecule has 1 aliphatic heterocycles. The Kier molecular flexibility index (Phi) is 1.60. The first kappa shape index (κ1) is 6.39. The minimum Gasteiger partial charge on any atom is -0.460 e. The van der Waals surface area contributed by atoms with E-state index in [9.17, 15) is 0 Å². The lowest BCUT2D eigenvalue weighted by molar-refractivity contribution is 0.214. The summed E-state index contributed by atoms with van der Waals surface area (Å²) in [5, 5.41) is 0. The lowest BCUT2D eigenvalue weighted by Gasteiger charge is -2.11. The number of rotatable bonds is 0.